The van der Waals surface area contributed by atoms with E-state index in [4.69, 9.17) is 9.84 Å². The fourth-order valence-corrected chi connectivity index (χ4v) is 2.69. The first-order valence-electron chi connectivity index (χ1n) is 5.64. The summed E-state index contributed by atoms with van der Waals surface area (Å²) in [6.07, 6.45) is 3.89. The van der Waals surface area contributed by atoms with Crippen molar-refractivity contribution in [2.24, 2.45) is 11.8 Å². The Balaban J connectivity index is 2.04. The first-order chi connectivity index (χ1) is 8.25. The third-order valence-corrected chi connectivity index (χ3v) is 3.34. The van der Waals surface area contributed by atoms with Crippen molar-refractivity contribution in [1.29, 1.82) is 0 Å². The van der Waals surface area contributed by atoms with Crippen LogP contribution >= 0.6 is 0 Å². The average molecular weight is 228 g/mol. The van der Waals surface area contributed by atoms with Crippen molar-refractivity contribution in [3.63, 3.8) is 0 Å². The van der Waals surface area contributed by atoms with Gasteiger partial charge in [-0.05, 0) is 12.0 Å². The second kappa shape index (κ2) is 3.77. The Morgan fingerprint density at radius 3 is 2.59 bits per heavy atom. The second-order valence-electron chi connectivity index (χ2n) is 4.35. The molecule has 0 saturated heterocycles. The Morgan fingerprint density at radius 1 is 1.18 bits per heavy atom. The van der Waals surface area contributed by atoms with E-state index in [9.17, 15) is 4.79 Å². The largest absolute Gasteiger partial charge is 0.511 e. The van der Waals surface area contributed by atoms with Crippen LogP contribution in [0.3, 0.4) is 0 Å². The molecule has 0 heterocycles. The minimum Gasteiger partial charge on any atom is -0.449 e. The van der Waals surface area contributed by atoms with Crippen molar-refractivity contribution in [2.45, 2.75) is 6.42 Å². The highest BCUT2D eigenvalue weighted by Crippen LogP contribution is 2.48. The van der Waals surface area contributed by atoms with Crippen LogP contribution in [-0.4, -0.2) is 11.3 Å². The molecule has 3 rings (SSSR count). The van der Waals surface area contributed by atoms with Crippen LogP contribution in [0.25, 0.3) is 5.57 Å². The molecule has 17 heavy (non-hydrogen) atoms. The third-order valence-electron chi connectivity index (χ3n) is 3.34. The van der Waals surface area contributed by atoms with E-state index in [0.717, 1.165) is 17.6 Å². The van der Waals surface area contributed by atoms with Gasteiger partial charge < -0.3 is 9.84 Å². The SMILES string of the molecule is O=C(O)OC1=C(c2ccccc2)C2C=CC1C2. The van der Waals surface area contributed by atoms with Crippen LogP contribution in [0, 0.1) is 11.8 Å². The summed E-state index contributed by atoms with van der Waals surface area (Å²) in [4.78, 5) is 10.7. The topological polar surface area (TPSA) is 46.5 Å². The van der Waals surface area contributed by atoms with Crippen molar-refractivity contribution >= 4 is 11.7 Å². The van der Waals surface area contributed by atoms with Gasteiger partial charge in [-0.2, -0.15) is 0 Å². The van der Waals surface area contributed by atoms with Crippen molar-refractivity contribution in [3.8, 4) is 0 Å². The summed E-state index contributed by atoms with van der Waals surface area (Å²) in [5.41, 5.74) is 2.08. The fraction of sp³-hybridized carbons (Fsp3) is 0.214. The predicted octanol–water partition coefficient (Wildman–Crippen LogP) is 3.30. The molecule has 0 amide bonds. The van der Waals surface area contributed by atoms with Crippen LogP contribution in [0.1, 0.15) is 12.0 Å². The molecular formula is C14H12O3. The number of fused-ring (bicyclic) bond motifs is 2. The molecule has 1 aromatic rings. The lowest BCUT2D eigenvalue weighted by molar-refractivity contribution is 0.114. The average Bonchev–Trinajstić information content (AvgIpc) is 2.90. The summed E-state index contributed by atoms with van der Waals surface area (Å²) in [7, 11) is 0. The standard InChI is InChI=1S/C14H12O3/c15-14(16)17-13-11-7-6-10(8-11)12(13)9-4-2-1-3-5-9/h1-7,10-11H,8H2,(H,15,16). The zero-order chi connectivity index (χ0) is 11.8. The Bertz CT molecular complexity index is 514. The van der Waals surface area contributed by atoms with Gasteiger partial charge in [-0.1, -0.05) is 42.5 Å². The zero-order valence-corrected chi connectivity index (χ0v) is 9.17. The Morgan fingerprint density at radius 2 is 1.88 bits per heavy atom. The van der Waals surface area contributed by atoms with Crippen LogP contribution in [0.4, 0.5) is 4.79 Å². The number of ether oxygens (including phenoxy) is 1. The van der Waals surface area contributed by atoms with E-state index < -0.39 is 6.16 Å². The van der Waals surface area contributed by atoms with Gasteiger partial charge in [0.2, 0.25) is 0 Å². The highest BCUT2D eigenvalue weighted by Gasteiger charge is 2.38. The van der Waals surface area contributed by atoms with Crippen LogP contribution < -0.4 is 0 Å². The molecule has 0 spiro atoms. The number of benzene rings is 1. The van der Waals surface area contributed by atoms with E-state index in [1.54, 1.807) is 0 Å². The maximum absolute atomic E-state index is 10.7. The zero-order valence-electron chi connectivity index (χ0n) is 9.17. The van der Waals surface area contributed by atoms with Gasteiger partial charge in [0.25, 0.3) is 0 Å². The number of rotatable bonds is 2. The fourth-order valence-electron chi connectivity index (χ4n) is 2.69. The lowest BCUT2D eigenvalue weighted by atomic mass is 9.95. The maximum atomic E-state index is 10.7. The van der Waals surface area contributed by atoms with Crippen LogP contribution in [0.2, 0.25) is 0 Å². The number of hydrogen-bond acceptors (Lipinski definition) is 2. The van der Waals surface area contributed by atoms with Crippen LogP contribution in [-0.2, 0) is 4.74 Å². The molecule has 3 heteroatoms. The van der Waals surface area contributed by atoms with Crippen molar-refractivity contribution in [1.82, 2.24) is 0 Å². The van der Waals surface area contributed by atoms with E-state index >= 15 is 0 Å². The van der Waals surface area contributed by atoms with Gasteiger partial charge in [-0.3, -0.25) is 0 Å². The third kappa shape index (κ3) is 1.64. The van der Waals surface area contributed by atoms with Gasteiger partial charge in [0, 0.05) is 17.4 Å². The monoisotopic (exact) mass is 228 g/mol. The molecule has 2 bridgehead atoms. The Labute approximate surface area is 99.0 Å². The summed E-state index contributed by atoms with van der Waals surface area (Å²) in [5, 5.41) is 8.79. The predicted molar refractivity (Wildman–Crippen MR) is 63.2 cm³/mol. The summed E-state index contributed by atoms with van der Waals surface area (Å²) in [5.74, 6) is 1.04. The quantitative estimate of drug-likeness (QED) is 0.624. The number of carboxylic acid groups (broad SMARTS) is 1. The minimum atomic E-state index is -1.23. The molecule has 0 aromatic heterocycles. The molecule has 3 nitrogen and oxygen atoms in total. The Hall–Kier alpha value is -2.03. The second-order valence-corrected chi connectivity index (χ2v) is 4.35. The van der Waals surface area contributed by atoms with Crippen molar-refractivity contribution in [3.05, 3.63) is 53.8 Å². The van der Waals surface area contributed by atoms with E-state index in [0.29, 0.717) is 11.7 Å². The molecule has 86 valence electrons. The first kappa shape index (κ1) is 10.1. The van der Waals surface area contributed by atoms with Crippen LogP contribution in [0.5, 0.6) is 0 Å². The minimum absolute atomic E-state index is 0.131. The number of carbonyl (C=O) groups is 1. The van der Waals surface area contributed by atoms with Gasteiger partial charge in [0.05, 0.1) is 0 Å². The smallest absolute Gasteiger partial charge is 0.449 e. The van der Waals surface area contributed by atoms with Crippen molar-refractivity contribution in [2.75, 3.05) is 0 Å². The molecule has 2 aliphatic carbocycles. The van der Waals surface area contributed by atoms with Crippen molar-refractivity contribution < 1.29 is 14.6 Å². The lowest BCUT2D eigenvalue weighted by Gasteiger charge is -2.14. The molecule has 1 N–H and O–H groups in total. The molecule has 0 saturated carbocycles. The van der Waals surface area contributed by atoms with E-state index in [1.807, 2.05) is 36.4 Å². The summed E-state index contributed by atoms with van der Waals surface area (Å²) >= 11 is 0. The lowest BCUT2D eigenvalue weighted by Crippen LogP contribution is -2.07. The van der Waals surface area contributed by atoms with Gasteiger partial charge in [-0.15, -0.1) is 0 Å². The van der Waals surface area contributed by atoms with Crippen LogP contribution in [0.15, 0.2) is 48.2 Å². The summed E-state index contributed by atoms with van der Waals surface area (Å²) in [6.45, 7) is 0. The highest BCUT2D eigenvalue weighted by molar-refractivity contribution is 5.77. The molecule has 2 atom stereocenters. The first-order valence-corrected chi connectivity index (χ1v) is 5.64. The molecule has 1 aromatic carbocycles. The van der Waals surface area contributed by atoms with Gasteiger partial charge in [-0.25, -0.2) is 4.79 Å². The molecular weight excluding hydrogens is 216 g/mol. The van der Waals surface area contributed by atoms with Gasteiger partial charge >= 0.3 is 6.16 Å². The highest BCUT2D eigenvalue weighted by atomic mass is 16.7. The number of allylic oxidation sites excluding steroid dienone is 3. The molecule has 2 aliphatic rings. The van der Waals surface area contributed by atoms with E-state index in [2.05, 4.69) is 6.08 Å². The summed E-state index contributed by atoms with van der Waals surface area (Å²) in [6, 6.07) is 9.85. The molecule has 2 unspecified atom stereocenters. The maximum Gasteiger partial charge on any atom is 0.511 e. The van der Waals surface area contributed by atoms with Gasteiger partial charge in [0.1, 0.15) is 5.76 Å². The van der Waals surface area contributed by atoms with E-state index in [-0.39, 0.29) is 5.92 Å². The normalized spacial score (nSPS) is 25.4. The van der Waals surface area contributed by atoms with Gasteiger partial charge in [0.15, 0.2) is 0 Å². The molecule has 0 fully saturated rings. The summed E-state index contributed by atoms with van der Waals surface area (Å²) < 4.78 is 4.96. The van der Waals surface area contributed by atoms with E-state index in [1.165, 1.54) is 0 Å². The molecule has 0 radical (unpaired) electrons. The Kier molecular flexibility index (Phi) is 2.25. The molecule has 0 aliphatic heterocycles. The number of hydrogen-bond donors (Lipinski definition) is 1.